The zero-order valence-corrected chi connectivity index (χ0v) is 11.0. The normalized spacial score (nSPS) is 12.2. The maximum atomic E-state index is 12.0. The van der Waals surface area contributed by atoms with Crippen LogP contribution in [0, 0.1) is 16.7 Å². The van der Waals surface area contributed by atoms with Gasteiger partial charge < -0.3 is 5.73 Å². The van der Waals surface area contributed by atoms with E-state index in [1.807, 2.05) is 26.8 Å². The Morgan fingerprint density at radius 3 is 2.12 bits per heavy atom. The van der Waals surface area contributed by atoms with Gasteiger partial charge in [0.2, 0.25) is 0 Å². The molecule has 0 unspecified atom stereocenters. The summed E-state index contributed by atoms with van der Waals surface area (Å²) in [5.74, 6) is -0.0861. The molecule has 1 aromatic rings. The molecule has 17 heavy (non-hydrogen) atoms. The van der Waals surface area contributed by atoms with E-state index in [1.54, 1.807) is 24.3 Å². The molecule has 0 aliphatic rings. The van der Waals surface area contributed by atoms with Crippen LogP contribution < -0.4 is 5.73 Å². The lowest BCUT2D eigenvalue weighted by molar-refractivity contribution is 0.0901. The lowest BCUT2D eigenvalue weighted by atomic mass is 9.83. The Bertz CT molecular complexity index is 426. The van der Waals surface area contributed by atoms with Crippen molar-refractivity contribution in [2.45, 2.75) is 26.8 Å². The van der Waals surface area contributed by atoms with E-state index < -0.39 is 6.04 Å². The van der Waals surface area contributed by atoms with Crippen LogP contribution in [-0.2, 0) is 0 Å². The summed E-state index contributed by atoms with van der Waals surface area (Å²) in [6.45, 7) is 5.79. The Labute approximate surface area is 108 Å². The predicted molar refractivity (Wildman–Crippen MR) is 70.2 cm³/mol. The Kier molecular flexibility index (Phi) is 5.34. The third-order valence-electron chi connectivity index (χ3n) is 2.51. The number of carbonyl (C=O) groups is 1. The van der Waals surface area contributed by atoms with Gasteiger partial charge in [-0.05, 0) is 17.5 Å². The smallest absolute Gasteiger partial charge is 0.180 e. The van der Waals surface area contributed by atoms with Gasteiger partial charge in [-0.1, -0.05) is 32.9 Å². The molecule has 1 atom stereocenters. The molecule has 0 saturated heterocycles. The minimum atomic E-state index is -0.527. The standard InChI is InChI=1S/C13H16N2O.ClH/c1-13(2,3)12(15)11(16)10-6-4-9(8-14)5-7-10;/h4-7,12H,15H2,1-3H3;1H/t12-;/m0./s1. The fourth-order valence-corrected chi connectivity index (χ4v) is 1.28. The van der Waals surface area contributed by atoms with Gasteiger partial charge in [-0.3, -0.25) is 4.79 Å². The van der Waals surface area contributed by atoms with Crippen LogP contribution in [0.5, 0.6) is 0 Å². The Balaban J connectivity index is 0.00000256. The van der Waals surface area contributed by atoms with Crippen molar-refractivity contribution in [3.63, 3.8) is 0 Å². The third kappa shape index (κ3) is 3.85. The van der Waals surface area contributed by atoms with Crippen LogP contribution in [0.4, 0.5) is 0 Å². The molecule has 0 amide bonds. The molecule has 92 valence electrons. The van der Waals surface area contributed by atoms with Crippen LogP contribution in [0.2, 0.25) is 0 Å². The molecule has 1 rings (SSSR count). The Hall–Kier alpha value is -1.37. The molecule has 0 aliphatic carbocycles. The monoisotopic (exact) mass is 252 g/mol. The fourth-order valence-electron chi connectivity index (χ4n) is 1.28. The summed E-state index contributed by atoms with van der Waals surface area (Å²) in [4.78, 5) is 12.0. The molecule has 1 aromatic carbocycles. The Morgan fingerprint density at radius 2 is 1.76 bits per heavy atom. The first-order valence-corrected chi connectivity index (χ1v) is 5.16. The molecule has 0 heterocycles. The first-order chi connectivity index (χ1) is 7.36. The molecular weight excluding hydrogens is 236 g/mol. The molecule has 0 bridgehead atoms. The molecule has 0 saturated carbocycles. The molecule has 3 nitrogen and oxygen atoms in total. The van der Waals surface area contributed by atoms with E-state index in [-0.39, 0.29) is 23.6 Å². The van der Waals surface area contributed by atoms with Crippen LogP contribution in [-0.4, -0.2) is 11.8 Å². The van der Waals surface area contributed by atoms with Crippen molar-refractivity contribution in [1.29, 1.82) is 5.26 Å². The zero-order chi connectivity index (χ0) is 12.3. The largest absolute Gasteiger partial charge is 0.321 e. The molecule has 0 radical (unpaired) electrons. The topological polar surface area (TPSA) is 66.9 Å². The van der Waals surface area contributed by atoms with E-state index in [9.17, 15) is 4.79 Å². The maximum absolute atomic E-state index is 12.0. The minimum Gasteiger partial charge on any atom is -0.321 e. The van der Waals surface area contributed by atoms with Crippen molar-refractivity contribution in [3.8, 4) is 6.07 Å². The number of Topliss-reactive ketones (excluding diaryl/α,β-unsaturated/α-hetero) is 1. The molecule has 4 heteroatoms. The summed E-state index contributed by atoms with van der Waals surface area (Å²) in [6, 6.07) is 8.03. The maximum Gasteiger partial charge on any atom is 0.180 e. The summed E-state index contributed by atoms with van der Waals surface area (Å²) in [7, 11) is 0. The van der Waals surface area contributed by atoms with Crippen LogP contribution in [0.1, 0.15) is 36.7 Å². The molecule has 2 N–H and O–H groups in total. The number of hydrogen-bond acceptors (Lipinski definition) is 3. The fraction of sp³-hybridized carbons (Fsp3) is 0.385. The Morgan fingerprint density at radius 1 is 1.29 bits per heavy atom. The van der Waals surface area contributed by atoms with Crippen molar-refractivity contribution in [2.24, 2.45) is 11.1 Å². The van der Waals surface area contributed by atoms with E-state index in [4.69, 9.17) is 11.0 Å². The SMILES string of the molecule is CC(C)(C)[C@@H](N)C(=O)c1ccc(C#N)cc1.Cl. The quantitative estimate of drug-likeness (QED) is 0.823. The second kappa shape index (κ2) is 5.81. The van der Waals surface area contributed by atoms with Crippen LogP contribution in [0.3, 0.4) is 0 Å². The lowest BCUT2D eigenvalue weighted by Crippen LogP contribution is -2.42. The second-order valence-electron chi connectivity index (χ2n) is 4.90. The highest BCUT2D eigenvalue weighted by Crippen LogP contribution is 2.20. The van der Waals surface area contributed by atoms with Crippen molar-refractivity contribution >= 4 is 18.2 Å². The highest BCUT2D eigenvalue weighted by Gasteiger charge is 2.27. The zero-order valence-electron chi connectivity index (χ0n) is 10.2. The number of benzene rings is 1. The van der Waals surface area contributed by atoms with E-state index in [1.165, 1.54) is 0 Å². The van der Waals surface area contributed by atoms with E-state index in [0.717, 1.165) is 0 Å². The number of carbonyl (C=O) groups excluding carboxylic acids is 1. The molecular formula is C13H17ClN2O. The highest BCUT2D eigenvalue weighted by molar-refractivity contribution is 6.00. The van der Waals surface area contributed by atoms with Gasteiger partial charge in [0.1, 0.15) is 0 Å². The summed E-state index contributed by atoms with van der Waals surface area (Å²) in [5.41, 5.74) is 6.72. The van der Waals surface area contributed by atoms with Gasteiger partial charge >= 0.3 is 0 Å². The van der Waals surface area contributed by atoms with Gasteiger partial charge in [-0.2, -0.15) is 5.26 Å². The van der Waals surface area contributed by atoms with E-state index in [0.29, 0.717) is 11.1 Å². The van der Waals surface area contributed by atoms with Crippen LogP contribution >= 0.6 is 12.4 Å². The summed E-state index contributed by atoms with van der Waals surface area (Å²) in [6.07, 6.45) is 0. The molecule has 0 aliphatic heterocycles. The van der Waals surface area contributed by atoms with Crippen LogP contribution in [0.15, 0.2) is 24.3 Å². The number of ketones is 1. The van der Waals surface area contributed by atoms with Crippen molar-refractivity contribution in [1.82, 2.24) is 0 Å². The average Bonchev–Trinajstić information content (AvgIpc) is 2.26. The second-order valence-corrected chi connectivity index (χ2v) is 4.90. The van der Waals surface area contributed by atoms with Crippen molar-refractivity contribution in [3.05, 3.63) is 35.4 Å². The van der Waals surface area contributed by atoms with Gasteiger partial charge in [-0.15, -0.1) is 12.4 Å². The van der Waals surface area contributed by atoms with Crippen LogP contribution in [0.25, 0.3) is 0 Å². The molecule has 0 aromatic heterocycles. The van der Waals surface area contributed by atoms with Gasteiger partial charge in [-0.25, -0.2) is 0 Å². The number of rotatable bonds is 2. The summed E-state index contributed by atoms with van der Waals surface area (Å²) in [5, 5.41) is 8.65. The van der Waals surface area contributed by atoms with Gasteiger partial charge in [0.25, 0.3) is 0 Å². The summed E-state index contributed by atoms with van der Waals surface area (Å²) >= 11 is 0. The van der Waals surface area contributed by atoms with Gasteiger partial charge in [0.05, 0.1) is 17.7 Å². The van der Waals surface area contributed by atoms with Crippen molar-refractivity contribution < 1.29 is 4.79 Å². The minimum absolute atomic E-state index is 0. The number of halogens is 1. The third-order valence-corrected chi connectivity index (χ3v) is 2.51. The van der Waals surface area contributed by atoms with Gasteiger partial charge in [0.15, 0.2) is 5.78 Å². The summed E-state index contributed by atoms with van der Waals surface area (Å²) < 4.78 is 0. The van der Waals surface area contributed by atoms with E-state index in [2.05, 4.69) is 0 Å². The van der Waals surface area contributed by atoms with Gasteiger partial charge in [0, 0.05) is 5.56 Å². The number of nitrogens with zero attached hydrogens (tertiary/aromatic N) is 1. The number of hydrogen-bond donors (Lipinski definition) is 1. The number of nitrogens with two attached hydrogens (primary N) is 1. The predicted octanol–water partition coefficient (Wildman–Crippen LogP) is 2.54. The number of nitriles is 1. The lowest BCUT2D eigenvalue weighted by Gasteiger charge is -2.25. The first-order valence-electron chi connectivity index (χ1n) is 5.16. The van der Waals surface area contributed by atoms with Crippen molar-refractivity contribution in [2.75, 3.05) is 0 Å². The first kappa shape index (κ1) is 15.6. The average molecular weight is 253 g/mol. The molecule has 0 spiro atoms. The van der Waals surface area contributed by atoms with E-state index >= 15 is 0 Å². The molecule has 0 fully saturated rings. The highest BCUT2D eigenvalue weighted by atomic mass is 35.5.